The normalized spacial score (nSPS) is 13.0. The Labute approximate surface area is 141 Å². The zero-order valence-electron chi connectivity index (χ0n) is 15.7. The van der Waals surface area contributed by atoms with Gasteiger partial charge in [0.2, 0.25) is 5.91 Å². The summed E-state index contributed by atoms with van der Waals surface area (Å²) in [6.45, 7) is 15.7. The summed E-state index contributed by atoms with van der Waals surface area (Å²) in [5, 5.41) is 6.49. The second-order valence-electron chi connectivity index (χ2n) is 6.83. The summed E-state index contributed by atoms with van der Waals surface area (Å²) in [7, 11) is 0. The van der Waals surface area contributed by atoms with Crippen LogP contribution in [0.15, 0.2) is 18.2 Å². The van der Waals surface area contributed by atoms with Gasteiger partial charge in [-0.25, -0.2) is 0 Å². The van der Waals surface area contributed by atoms with Crippen molar-refractivity contribution in [3.05, 3.63) is 29.3 Å². The van der Waals surface area contributed by atoms with E-state index in [0.29, 0.717) is 25.0 Å². The van der Waals surface area contributed by atoms with Gasteiger partial charge in [-0.2, -0.15) is 0 Å². The number of hydrogen-bond acceptors (Lipinski definition) is 3. The summed E-state index contributed by atoms with van der Waals surface area (Å²) in [6.07, 6.45) is 0.727. The number of anilines is 1. The Hall–Kier alpha value is -1.39. The number of hydrogen-bond donors (Lipinski definition) is 2. The van der Waals surface area contributed by atoms with Crippen LogP contribution in [0.5, 0.6) is 0 Å². The van der Waals surface area contributed by atoms with Crippen LogP contribution in [0.25, 0.3) is 0 Å². The number of amides is 1. The fraction of sp³-hybridized carbons (Fsp3) is 0.632. The smallest absolute Gasteiger partial charge is 0.225 e. The Morgan fingerprint density at radius 1 is 1.04 bits per heavy atom. The molecule has 4 nitrogen and oxygen atoms in total. The first-order valence-corrected chi connectivity index (χ1v) is 8.61. The number of nitrogens with one attached hydrogen (secondary N) is 2. The summed E-state index contributed by atoms with van der Waals surface area (Å²) in [5.74, 6) is 0.0581. The van der Waals surface area contributed by atoms with Crippen LogP contribution in [-0.2, 0) is 4.79 Å². The minimum atomic E-state index is 0.0581. The lowest BCUT2D eigenvalue weighted by molar-refractivity contribution is -0.116. The Bertz CT molecular complexity index is 483. The van der Waals surface area contributed by atoms with Crippen LogP contribution in [0.4, 0.5) is 5.69 Å². The van der Waals surface area contributed by atoms with Crippen molar-refractivity contribution in [3.63, 3.8) is 0 Å². The molecule has 0 saturated heterocycles. The number of benzene rings is 1. The van der Waals surface area contributed by atoms with Gasteiger partial charge in [0.25, 0.3) is 0 Å². The summed E-state index contributed by atoms with van der Waals surface area (Å²) in [6, 6.07) is 7.00. The van der Waals surface area contributed by atoms with Crippen molar-refractivity contribution in [2.45, 2.75) is 73.1 Å². The molecule has 1 unspecified atom stereocenters. The van der Waals surface area contributed by atoms with Crippen molar-refractivity contribution < 1.29 is 4.79 Å². The van der Waals surface area contributed by atoms with Gasteiger partial charge < -0.3 is 10.6 Å². The number of nitrogens with zero attached hydrogens (tertiary/aromatic N) is 1. The van der Waals surface area contributed by atoms with Crippen molar-refractivity contribution in [1.29, 1.82) is 0 Å². The fourth-order valence-electron chi connectivity index (χ4n) is 3.20. The molecule has 130 valence electrons. The third-order valence-electron chi connectivity index (χ3n) is 4.18. The van der Waals surface area contributed by atoms with Crippen LogP contribution in [-0.4, -0.2) is 35.6 Å². The minimum Gasteiger partial charge on any atom is -0.326 e. The number of aryl methyl sites for hydroxylation is 2. The van der Waals surface area contributed by atoms with Crippen LogP contribution >= 0.6 is 0 Å². The highest BCUT2D eigenvalue weighted by atomic mass is 16.1. The van der Waals surface area contributed by atoms with Crippen LogP contribution in [0.3, 0.4) is 0 Å². The molecule has 1 rings (SSSR count). The second kappa shape index (κ2) is 9.04. The third-order valence-corrected chi connectivity index (χ3v) is 4.18. The molecule has 0 aliphatic carbocycles. The van der Waals surface area contributed by atoms with Gasteiger partial charge in [-0.3, -0.25) is 9.69 Å². The van der Waals surface area contributed by atoms with Crippen molar-refractivity contribution in [1.82, 2.24) is 10.2 Å². The highest BCUT2D eigenvalue weighted by Crippen LogP contribution is 2.19. The predicted molar refractivity (Wildman–Crippen MR) is 98.7 cm³/mol. The first-order chi connectivity index (χ1) is 10.7. The van der Waals surface area contributed by atoms with E-state index in [4.69, 9.17) is 0 Å². The first-order valence-electron chi connectivity index (χ1n) is 8.61. The van der Waals surface area contributed by atoms with Crippen molar-refractivity contribution in [2.75, 3.05) is 11.9 Å². The molecule has 0 radical (unpaired) electrons. The average molecular weight is 319 g/mol. The summed E-state index contributed by atoms with van der Waals surface area (Å²) in [4.78, 5) is 14.6. The lowest BCUT2D eigenvalue weighted by Gasteiger charge is -2.36. The molecule has 0 aliphatic heterocycles. The van der Waals surface area contributed by atoms with E-state index in [1.807, 2.05) is 32.0 Å². The monoisotopic (exact) mass is 319 g/mol. The molecule has 23 heavy (non-hydrogen) atoms. The molecule has 1 atom stereocenters. The number of rotatable bonds is 8. The molecule has 0 heterocycles. The van der Waals surface area contributed by atoms with Crippen molar-refractivity contribution in [2.24, 2.45) is 0 Å². The Kier molecular flexibility index (Phi) is 7.73. The molecule has 0 bridgehead atoms. The lowest BCUT2D eigenvalue weighted by Crippen LogP contribution is -2.51. The molecule has 0 saturated carbocycles. The molecule has 1 amide bonds. The molecule has 4 heteroatoms. The van der Waals surface area contributed by atoms with E-state index in [9.17, 15) is 4.79 Å². The lowest BCUT2D eigenvalue weighted by atomic mass is 10.1. The maximum absolute atomic E-state index is 12.2. The Morgan fingerprint density at radius 3 is 2.04 bits per heavy atom. The zero-order valence-corrected chi connectivity index (χ0v) is 15.7. The molecule has 0 spiro atoms. The fourth-order valence-corrected chi connectivity index (χ4v) is 3.20. The molecule has 0 aliphatic rings. The predicted octanol–water partition coefficient (Wildman–Crippen LogP) is 3.69. The van der Waals surface area contributed by atoms with Gasteiger partial charge in [0.1, 0.15) is 0 Å². The van der Waals surface area contributed by atoms with E-state index < -0.39 is 0 Å². The summed E-state index contributed by atoms with van der Waals surface area (Å²) < 4.78 is 0. The quantitative estimate of drug-likeness (QED) is 0.718. The van der Waals surface area contributed by atoms with E-state index in [0.717, 1.165) is 16.8 Å². The van der Waals surface area contributed by atoms with Gasteiger partial charge in [0.15, 0.2) is 0 Å². The first kappa shape index (κ1) is 19.7. The Balaban J connectivity index is 2.48. The summed E-state index contributed by atoms with van der Waals surface area (Å²) in [5.41, 5.74) is 3.15. The van der Waals surface area contributed by atoms with E-state index in [1.165, 1.54) is 0 Å². The van der Waals surface area contributed by atoms with Crippen molar-refractivity contribution >= 4 is 11.6 Å². The van der Waals surface area contributed by atoms with Crippen LogP contribution < -0.4 is 10.6 Å². The number of para-hydroxylation sites is 1. The van der Waals surface area contributed by atoms with Gasteiger partial charge in [-0.1, -0.05) is 18.2 Å². The van der Waals surface area contributed by atoms with Crippen LogP contribution in [0, 0.1) is 13.8 Å². The standard InChI is InChI=1S/C19H33N3O/c1-13(2)22(14(3)4)17(7)20-12-11-18(23)21-19-15(5)9-8-10-16(19)6/h8-10,13-14,17,20H,11-12H2,1-7H3,(H,21,23). The molecule has 1 aromatic rings. The maximum atomic E-state index is 12.2. The highest BCUT2D eigenvalue weighted by Gasteiger charge is 2.19. The van der Waals surface area contributed by atoms with Gasteiger partial charge in [0.05, 0.1) is 6.17 Å². The largest absolute Gasteiger partial charge is 0.326 e. The van der Waals surface area contributed by atoms with Crippen LogP contribution in [0.1, 0.15) is 52.2 Å². The van der Waals surface area contributed by atoms with Crippen molar-refractivity contribution in [3.8, 4) is 0 Å². The van der Waals surface area contributed by atoms with E-state index in [-0.39, 0.29) is 12.1 Å². The maximum Gasteiger partial charge on any atom is 0.225 e. The molecule has 1 aromatic carbocycles. The van der Waals surface area contributed by atoms with Gasteiger partial charge in [-0.05, 0) is 59.6 Å². The Morgan fingerprint density at radius 2 is 1.57 bits per heavy atom. The van der Waals surface area contributed by atoms with E-state index in [1.54, 1.807) is 0 Å². The minimum absolute atomic E-state index is 0.0581. The number of carbonyl (C=O) groups excluding carboxylic acids is 1. The average Bonchev–Trinajstić information content (AvgIpc) is 2.42. The number of carbonyl (C=O) groups is 1. The topological polar surface area (TPSA) is 44.4 Å². The van der Waals surface area contributed by atoms with Gasteiger partial charge in [0, 0.05) is 30.7 Å². The highest BCUT2D eigenvalue weighted by molar-refractivity contribution is 5.92. The van der Waals surface area contributed by atoms with Crippen LogP contribution in [0.2, 0.25) is 0 Å². The molecular formula is C19H33N3O. The molecule has 0 aromatic heterocycles. The van der Waals surface area contributed by atoms with E-state index in [2.05, 4.69) is 50.2 Å². The van der Waals surface area contributed by atoms with Gasteiger partial charge in [-0.15, -0.1) is 0 Å². The molecule has 2 N–H and O–H groups in total. The molecular weight excluding hydrogens is 286 g/mol. The third kappa shape index (κ3) is 5.96. The second-order valence-corrected chi connectivity index (χ2v) is 6.83. The SMILES string of the molecule is Cc1cccc(C)c1NC(=O)CCNC(C)N(C(C)C)C(C)C. The summed E-state index contributed by atoms with van der Waals surface area (Å²) >= 11 is 0. The van der Waals surface area contributed by atoms with Gasteiger partial charge >= 0.3 is 0 Å². The van der Waals surface area contributed by atoms with E-state index >= 15 is 0 Å². The molecule has 0 fully saturated rings. The zero-order chi connectivity index (χ0) is 17.6.